The molecule has 3 aromatic rings. The monoisotopic (exact) mass is 528 g/mol. The van der Waals surface area contributed by atoms with Crippen molar-refractivity contribution in [1.82, 2.24) is 19.6 Å². The van der Waals surface area contributed by atoms with Crippen molar-refractivity contribution in [3.63, 3.8) is 0 Å². The van der Waals surface area contributed by atoms with E-state index in [9.17, 15) is 9.90 Å². The number of aliphatic hydroxyl groups is 1. The first-order valence-electron chi connectivity index (χ1n) is 12.5. The lowest BCUT2D eigenvalue weighted by Crippen LogP contribution is -2.38. The molecule has 0 unspecified atom stereocenters. The second-order valence-electron chi connectivity index (χ2n) is 8.90. The van der Waals surface area contributed by atoms with Crippen LogP contribution in [0.4, 0.5) is 0 Å². The van der Waals surface area contributed by atoms with Crippen LogP contribution in [0.15, 0.2) is 54.4 Å². The molecule has 1 aliphatic carbocycles. The van der Waals surface area contributed by atoms with E-state index in [-0.39, 0.29) is 29.6 Å². The van der Waals surface area contributed by atoms with Gasteiger partial charge in [0.25, 0.3) is 5.91 Å². The lowest BCUT2D eigenvalue weighted by atomic mass is 9.97. The quantitative estimate of drug-likeness (QED) is 0.390. The Morgan fingerprint density at radius 2 is 1.86 bits per heavy atom. The first kappa shape index (κ1) is 26.9. The molecule has 0 atom stereocenters. The van der Waals surface area contributed by atoms with Crippen LogP contribution in [0.5, 0.6) is 5.75 Å². The maximum absolute atomic E-state index is 13.0. The van der Waals surface area contributed by atoms with E-state index >= 15 is 0 Å². The molecule has 9 nitrogen and oxygen atoms in total. The van der Waals surface area contributed by atoms with Crippen LogP contribution >= 0.6 is 12.4 Å². The maximum atomic E-state index is 13.0. The Labute approximate surface area is 222 Å². The third kappa shape index (κ3) is 6.61. The first-order chi connectivity index (χ1) is 17.7. The van der Waals surface area contributed by atoms with Gasteiger partial charge in [-0.25, -0.2) is 4.98 Å². The summed E-state index contributed by atoms with van der Waals surface area (Å²) in [5, 5.41) is 13.4. The minimum absolute atomic E-state index is 0. The minimum atomic E-state index is -0.327. The summed E-state index contributed by atoms with van der Waals surface area (Å²) in [6.45, 7) is 6.47. The van der Waals surface area contributed by atoms with Gasteiger partial charge >= 0.3 is 0 Å². The molecule has 198 valence electrons. The van der Waals surface area contributed by atoms with Crippen molar-refractivity contribution in [2.45, 2.75) is 19.4 Å². The molecule has 37 heavy (non-hydrogen) atoms. The number of ether oxygens (including phenoxy) is 3. The van der Waals surface area contributed by atoms with Crippen LogP contribution in [-0.4, -0.2) is 78.0 Å². The number of carbonyl (C=O) groups is 1. The van der Waals surface area contributed by atoms with Crippen molar-refractivity contribution in [2.75, 3.05) is 52.7 Å². The second-order valence-corrected chi connectivity index (χ2v) is 8.90. The molecule has 1 saturated heterocycles. The molecule has 0 bridgehead atoms. The predicted molar refractivity (Wildman–Crippen MR) is 142 cm³/mol. The van der Waals surface area contributed by atoms with Crippen LogP contribution in [0.1, 0.15) is 23.4 Å². The van der Waals surface area contributed by atoms with Gasteiger partial charge in [0.1, 0.15) is 35.0 Å². The fraction of sp³-hybridized carbons (Fsp3) is 0.407. The number of amides is 1. The standard InChI is InChI=1S/C27H32N4O5.ClH/c32-23-9-8-22-26(29-24-3-1-2-10-31(22)24)25(23)27(33)28-19-20-4-6-21(7-5-20)36-18-17-35-16-13-30-11-14-34-15-12-30;/h1-7,10,32H,8-9,11-19H2,(H,28,33);1H. The highest BCUT2D eigenvalue weighted by molar-refractivity contribution is 6.20. The van der Waals surface area contributed by atoms with E-state index in [0.717, 1.165) is 55.5 Å². The normalized spacial score (nSPS) is 15.8. The van der Waals surface area contributed by atoms with Crippen LogP contribution in [0.2, 0.25) is 0 Å². The SMILES string of the molecule is Cl.O=C(NCc1ccc(OCCOCCN2CCOCC2)cc1)C1=C(O)CCc2c1nc1ccccn21. The van der Waals surface area contributed by atoms with Crippen LogP contribution < -0.4 is 10.1 Å². The zero-order chi connectivity index (χ0) is 24.7. The van der Waals surface area contributed by atoms with Gasteiger partial charge in [-0.1, -0.05) is 18.2 Å². The van der Waals surface area contributed by atoms with Gasteiger partial charge in [0, 0.05) is 38.8 Å². The molecular weight excluding hydrogens is 496 g/mol. The zero-order valence-corrected chi connectivity index (χ0v) is 21.5. The molecule has 2 N–H and O–H groups in total. The molecule has 10 heteroatoms. The van der Waals surface area contributed by atoms with Crippen molar-refractivity contribution >= 4 is 29.5 Å². The molecular formula is C27H33ClN4O5. The maximum Gasteiger partial charge on any atom is 0.257 e. The number of halogens is 1. The molecule has 1 aliphatic heterocycles. The summed E-state index contributed by atoms with van der Waals surface area (Å²) in [7, 11) is 0. The Morgan fingerprint density at radius 1 is 1.05 bits per heavy atom. The summed E-state index contributed by atoms with van der Waals surface area (Å²) in [6.07, 6.45) is 2.99. The molecule has 3 heterocycles. The van der Waals surface area contributed by atoms with Crippen LogP contribution in [-0.2, 0) is 27.2 Å². The average Bonchev–Trinajstić information content (AvgIpc) is 3.29. The number of hydrogen-bond donors (Lipinski definition) is 2. The number of imidazole rings is 1. The summed E-state index contributed by atoms with van der Waals surface area (Å²) in [6, 6.07) is 13.3. The molecule has 0 saturated carbocycles. The van der Waals surface area contributed by atoms with Gasteiger partial charge in [0.15, 0.2) is 0 Å². The van der Waals surface area contributed by atoms with Gasteiger partial charge in [0.2, 0.25) is 0 Å². The Balaban J connectivity index is 0.00000320. The highest BCUT2D eigenvalue weighted by Gasteiger charge is 2.28. The first-order valence-corrected chi connectivity index (χ1v) is 12.5. The van der Waals surface area contributed by atoms with Crippen LogP contribution in [0.25, 0.3) is 11.2 Å². The van der Waals surface area contributed by atoms with Gasteiger partial charge in [-0.15, -0.1) is 12.4 Å². The highest BCUT2D eigenvalue weighted by Crippen LogP contribution is 2.30. The van der Waals surface area contributed by atoms with E-state index in [1.165, 1.54) is 0 Å². The number of benzene rings is 1. The third-order valence-electron chi connectivity index (χ3n) is 6.51. The van der Waals surface area contributed by atoms with Crippen molar-refractivity contribution in [2.24, 2.45) is 0 Å². The smallest absolute Gasteiger partial charge is 0.257 e. The molecule has 1 fully saturated rings. The Bertz CT molecular complexity index is 1220. The Hall–Kier alpha value is -3.11. The van der Waals surface area contributed by atoms with Crippen molar-refractivity contribution in [1.29, 1.82) is 0 Å². The minimum Gasteiger partial charge on any atom is -0.511 e. The zero-order valence-electron chi connectivity index (χ0n) is 20.7. The van der Waals surface area contributed by atoms with Crippen molar-refractivity contribution < 1.29 is 24.1 Å². The molecule has 0 radical (unpaired) electrons. The number of allylic oxidation sites excluding steroid dienone is 1. The van der Waals surface area contributed by atoms with E-state index in [2.05, 4.69) is 15.2 Å². The molecule has 0 spiro atoms. The number of pyridine rings is 1. The van der Waals surface area contributed by atoms with E-state index in [4.69, 9.17) is 14.2 Å². The average molecular weight is 529 g/mol. The molecule has 1 aromatic carbocycles. The number of hydrogen-bond acceptors (Lipinski definition) is 7. The van der Waals surface area contributed by atoms with Crippen LogP contribution in [0.3, 0.4) is 0 Å². The lowest BCUT2D eigenvalue weighted by Gasteiger charge is -2.26. The third-order valence-corrected chi connectivity index (χ3v) is 6.51. The number of nitrogens with zero attached hydrogens (tertiary/aromatic N) is 3. The van der Waals surface area contributed by atoms with Gasteiger partial charge in [-0.05, 0) is 36.2 Å². The Morgan fingerprint density at radius 3 is 2.68 bits per heavy atom. The summed E-state index contributed by atoms with van der Waals surface area (Å²) in [4.78, 5) is 19.9. The van der Waals surface area contributed by atoms with Gasteiger partial charge in [0.05, 0.1) is 32.1 Å². The summed E-state index contributed by atoms with van der Waals surface area (Å²) in [5.74, 6) is 0.509. The lowest BCUT2D eigenvalue weighted by molar-refractivity contribution is -0.115. The van der Waals surface area contributed by atoms with E-state index in [0.29, 0.717) is 44.9 Å². The van der Waals surface area contributed by atoms with E-state index in [1.807, 2.05) is 53.1 Å². The fourth-order valence-electron chi connectivity index (χ4n) is 4.54. The molecule has 5 rings (SSSR count). The summed E-state index contributed by atoms with van der Waals surface area (Å²) < 4.78 is 18.8. The number of rotatable bonds is 10. The van der Waals surface area contributed by atoms with Gasteiger partial charge < -0.3 is 29.0 Å². The van der Waals surface area contributed by atoms with Gasteiger partial charge in [-0.3, -0.25) is 9.69 Å². The summed E-state index contributed by atoms with van der Waals surface area (Å²) in [5.41, 5.74) is 3.45. The number of aryl methyl sites for hydroxylation is 1. The number of fused-ring (bicyclic) bond motifs is 3. The predicted octanol–water partition coefficient (Wildman–Crippen LogP) is 3.02. The Kier molecular flexibility index (Phi) is 9.40. The number of nitrogens with one attached hydrogen (secondary N) is 1. The highest BCUT2D eigenvalue weighted by atomic mass is 35.5. The van der Waals surface area contributed by atoms with Crippen molar-refractivity contribution in [3.05, 3.63) is 71.4 Å². The molecule has 2 aliphatic rings. The molecule has 1 amide bonds. The van der Waals surface area contributed by atoms with E-state index in [1.54, 1.807) is 0 Å². The number of aliphatic hydroxyl groups excluding tert-OH is 1. The number of aromatic nitrogens is 2. The summed E-state index contributed by atoms with van der Waals surface area (Å²) >= 11 is 0. The number of morpholine rings is 1. The number of carbonyl (C=O) groups excluding carboxylic acids is 1. The van der Waals surface area contributed by atoms with Crippen molar-refractivity contribution in [3.8, 4) is 5.75 Å². The van der Waals surface area contributed by atoms with Gasteiger partial charge in [-0.2, -0.15) is 0 Å². The fourth-order valence-corrected chi connectivity index (χ4v) is 4.54. The van der Waals surface area contributed by atoms with E-state index < -0.39 is 0 Å². The second kappa shape index (κ2) is 12.9. The topological polar surface area (TPSA) is 97.6 Å². The molecule has 2 aromatic heterocycles. The largest absolute Gasteiger partial charge is 0.511 e. The van der Waals surface area contributed by atoms with Crippen LogP contribution in [0, 0.1) is 0 Å².